The third-order valence-corrected chi connectivity index (χ3v) is 8.63. The first kappa shape index (κ1) is 28.2. The molecule has 0 saturated heterocycles. The highest BCUT2D eigenvalue weighted by atomic mass is 15.0. The van der Waals surface area contributed by atoms with Crippen molar-refractivity contribution < 1.29 is 0 Å². The van der Waals surface area contributed by atoms with Gasteiger partial charge in [0, 0.05) is 37.8 Å². The highest BCUT2D eigenvalue weighted by Gasteiger charge is 2.16. The molecule has 0 amide bonds. The van der Waals surface area contributed by atoms with Crippen molar-refractivity contribution in [2.45, 2.75) is 20.8 Å². The highest BCUT2D eigenvalue weighted by Crippen LogP contribution is 2.37. The molecule has 0 saturated carbocycles. The Balaban J connectivity index is 0.00000160. The molecule has 45 heavy (non-hydrogen) atoms. The van der Waals surface area contributed by atoms with Gasteiger partial charge in [-0.05, 0) is 72.0 Å². The maximum Gasteiger partial charge on any atom is 0.0541 e. The quantitative estimate of drug-likeness (QED) is 0.196. The van der Waals surface area contributed by atoms with E-state index in [1.807, 2.05) is 19.9 Å². The topological polar surface area (TPSA) is 9.86 Å². The van der Waals surface area contributed by atoms with E-state index in [0.29, 0.717) is 0 Å². The predicted octanol–water partition coefficient (Wildman–Crippen LogP) is 10.3. The minimum atomic E-state index is 1.15. The van der Waals surface area contributed by atoms with Gasteiger partial charge in [0.25, 0.3) is 0 Å². The summed E-state index contributed by atoms with van der Waals surface area (Å²) >= 11 is 0. The minimum Gasteiger partial charge on any atom is -0.310 e. The van der Waals surface area contributed by atoms with Crippen molar-refractivity contribution in [3.63, 3.8) is 0 Å². The van der Waals surface area contributed by atoms with Gasteiger partial charge in [0.05, 0.1) is 22.2 Å². The van der Waals surface area contributed by atoms with Crippen molar-refractivity contribution >= 4 is 55.6 Å². The summed E-state index contributed by atoms with van der Waals surface area (Å²) in [6.45, 7) is 10.1. The lowest BCUT2D eigenvalue weighted by molar-refractivity contribution is 1.07. The fraction of sp³-hybridized carbons (Fsp3) is 0.0698. The molecular weight excluding hydrogens is 544 g/mol. The normalized spacial score (nSPS) is 12.2. The molecule has 0 spiro atoms. The monoisotopic (exact) mass is 580 g/mol. The Hall–Kier alpha value is -5.60. The number of hydrogen-bond donors (Lipinski definition) is 0. The van der Waals surface area contributed by atoms with Crippen LogP contribution in [0.2, 0.25) is 0 Å². The number of benzene rings is 6. The second kappa shape index (κ2) is 11.8. The van der Waals surface area contributed by atoms with E-state index in [4.69, 9.17) is 0 Å². The van der Waals surface area contributed by atoms with Crippen molar-refractivity contribution in [2.24, 2.45) is 0 Å². The zero-order chi connectivity index (χ0) is 30.9. The number of allylic oxidation sites excluding steroid dienone is 1. The molecule has 2 aromatic heterocycles. The number of para-hydroxylation sites is 2. The first-order valence-corrected chi connectivity index (χ1v) is 15.8. The van der Waals surface area contributed by atoms with Gasteiger partial charge < -0.3 is 9.13 Å². The van der Waals surface area contributed by atoms with Crippen LogP contribution in [0.4, 0.5) is 0 Å². The molecule has 2 nitrogen and oxygen atoms in total. The van der Waals surface area contributed by atoms with Gasteiger partial charge in [-0.2, -0.15) is 0 Å². The third kappa shape index (κ3) is 4.58. The van der Waals surface area contributed by atoms with Crippen LogP contribution in [0.1, 0.15) is 20.8 Å². The van der Waals surface area contributed by atoms with Crippen LogP contribution in [-0.4, -0.2) is 9.13 Å². The van der Waals surface area contributed by atoms with E-state index in [2.05, 4.69) is 168 Å². The Morgan fingerprint density at radius 1 is 0.533 bits per heavy atom. The van der Waals surface area contributed by atoms with Crippen LogP contribution < -0.4 is 10.6 Å². The first-order valence-electron chi connectivity index (χ1n) is 15.8. The summed E-state index contributed by atoms with van der Waals surface area (Å²) in [5.41, 5.74) is 8.36. The van der Waals surface area contributed by atoms with Gasteiger partial charge >= 0.3 is 0 Å². The van der Waals surface area contributed by atoms with E-state index in [0.717, 1.165) is 5.69 Å². The molecule has 0 bridgehead atoms. The average molecular weight is 581 g/mol. The van der Waals surface area contributed by atoms with Crippen LogP contribution in [-0.2, 0) is 0 Å². The van der Waals surface area contributed by atoms with Gasteiger partial charge in [0.2, 0.25) is 0 Å². The smallest absolute Gasteiger partial charge is 0.0541 e. The van der Waals surface area contributed by atoms with Crippen LogP contribution in [0.25, 0.3) is 78.1 Å². The van der Waals surface area contributed by atoms with E-state index >= 15 is 0 Å². The SMILES string of the molecule is C=C/C=c1\c(=C/C)n(-c2ccccc2)c2ccc(-c3ccc4c(c3)c3ccccc3n4-c3cccc4ccccc34)cc12.CC. The maximum absolute atomic E-state index is 4.03. The second-order valence-electron chi connectivity index (χ2n) is 11.0. The Bertz CT molecular complexity index is 2470. The van der Waals surface area contributed by atoms with Gasteiger partial charge in [-0.15, -0.1) is 0 Å². The molecule has 218 valence electrons. The molecule has 0 aliphatic heterocycles. The summed E-state index contributed by atoms with van der Waals surface area (Å²) in [5.74, 6) is 0. The molecule has 0 radical (unpaired) electrons. The molecule has 8 rings (SSSR count). The third-order valence-electron chi connectivity index (χ3n) is 8.63. The molecule has 0 fully saturated rings. The predicted molar refractivity (Wildman–Crippen MR) is 196 cm³/mol. The van der Waals surface area contributed by atoms with E-state index in [1.165, 1.54) is 70.9 Å². The standard InChI is InChI=1S/C41H30N2.C2H6/c1-3-13-33-35-26-29(22-24-40(35)42(37(33)4-2)31-16-6-5-7-17-31)30-23-25-41-36(27-30)34-19-10-11-20-39(34)43(41)38-21-12-15-28-14-8-9-18-32(28)38;1-2/h3-27H,1H2,2H3;1-2H3/b33-13-,37-4+;. The van der Waals surface area contributed by atoms with Crippen molar-refractivity contribution in [3.8, 4) is 22.5 Å². The molecule has 0 aliphatic carbocycles. The van der Waals surface area contributed by atoms with Gasteiger partial charge in [-0.1, -0.05) is 124 Å². The van der Waals surface area contributed by atoms with Crippen LogP contribution >= 0.6 is 0 Å². The molecular formula is C43H36N2. The Morgan fingerprint density at radius 3 is 1.87 bits per heavy atom. The first-order chi connectivity index (χ1) is 22.3. The molecule has 2 heterocycles. The number of hydrogen-bond acceptors (Lipinski definition) is 0. The molecule has 0 atom stereocenters. The Labute approximate surface area is 264 Å². The summed E-state index contributed by atoms with van der Waals surface area (Å²) in [4.78, 5) is 0. The zero-order valence-corrected chi connectivity index (χ0v) is 26.0. The van der Waals surface area contributed by atoms with E-state index in [9.17, 15) is 0 Å². The fourth-order valence-corrected chi connectivity index (χ4v) is 6.76. The van der Waals surface area contributed by atoms with Crippen molar-refractivity contribution in [3.05, 3.63) is 157 Å². The summed E-state index contributed by atoms with van der Waals surface area (Å²) in [6, 6.07) is 48.3. The van der Waals surface area contributed by atoms with Crippen LogP contribution in [0, 0.1) is 0 Å². The second-order valence-corrected chi connectivity index (χ2v) is 11.0. The molecule has 2 heteroatoms. The van der Waals surface area contributed by atoms with Gasteiger partial charge in [-0.25, -0.2) is 0 Å². The molecule has 0 N–H and O–H groups in total. The van der Waals surface area contributed by atoms with Gasteiger partial charge in [-0.3, -0.25) is 0 Å². The summed E-state index contributed by atoms with van der Waals surface area (Å²) in [5, 5.41) is 8.58. The van der Waals surface area contributed by atoms with Crippen LogP contribution in [0.5, 0.6) is 0 Å². The Kier molecular flexibility index (Phi) is 7.41. The van der Waals surface area contributed by atoms with Gasteiger partial charge in [0.15, 0.2) is 0 Å². The molecule has 0 unspecified atom stereocenters. The maximum atomic E-state index is 4.03. The summed E-state index contributed by atoms with van der Waals surface area (Å²) in [7, 11) is 0. The average Bonchev–Trinajstić information content (AvgIpc) is 3.61. The van der Waals surface area contributed by atoms with Crippen LogP contribution in [0.3, 0.4) is 0 Å². The van der Waals surface area contributed by atoms with Crippen LogP contribution in [0.15, 0.2) is 146 Å². The molecule has 6 aromatic carbocycles. The minimum absolute atomic E-state index is 1.15. The highest BCUT2D eigenvalue weighted by molar-refractivity contribution is 6.11. The van der Waals surface area contributed by atoms with Crippen molar-refractivity contribution in [1.29, 1.82) is 0 Å². The van der Waals surface area contributed by atoms with Crippen molar-refractivity contribution in [2.75, 3.05) is 0 Å². The largest absolute Gasteiger partial charge is 0.310 e. The summed E-state index contributed by atoms with van der Waals surface area (Å²) in [6.07, 6.45) is 6.20. The van der Waals surface area contributed by atoms with E-state index in [-0.39, 0.29) is 0 Å². The summed E-state index contributed by atoms with van der Waals surface area (Å²) < 4.78 is 4.76. The number of rotatable bonds is 4. The number of nitrogens with zero attached hydrogens (tertiary/aromatic N) is 2. The van der Waals surface area contributed by atoms with Gasteiger partial charge in [0.1, 0.15) is 0 Å². The molecule has 8 aromatic rings. The number of fused-ring (bicyclic) bond motifs is 5. The Morgan fingerprint density at radius 2 is 1.13 bits per heavy atom. The lowest BCUT2D eigenvalue weighted by atomic mass is 10.0. The lowest BCUT2D eigenvalue weighted by Gasteiger charge is -2.12. The fourth-order valence-electron chi connectivity index (χ4n) is 6.76. The number of aromatic nitrogens is 2. The zero-order valence-electron chi connectivity index (χ0n) is 26.0. The van der Waals surface area contributed by atoms with E-state index in [1.54, 1.807) is 0 Å². The molecule has 0 aliphatic rings. The van der Waals surface area contributed by atoms with E-state index < -0.39 is 0 Å². The van der Waals surface area contributed by atoms with Crippen molar-refractivity contribution in [1.82, 2.24) is 9.13 Å². The lowest BCUT2D eigenvalue weighted by Crippen LogP contribution is -2.27.